The van der Waals surface area contributed by atoms with Crippen molar-refractivity contribution < 1.29 is 23.5 Å². The summed E-state index contributed by atoms with van der Waals surface area (Å²) < 4.78 is 16.4. The monoisotopic (exact) mass is 434 g/mol. The van der Waals surface area contributed by atoms with Gasteiger partial charge in [0.15, 0.2) is 17.4 Å². The standard InChI is InChI=1S/C20H19ClN2O5S/c1-3-22(4-2)18-6-5-13(28-18)8-17-19(24)23(20(25)29-17)10-12-7-15-16(9-14(12)21)27-11-26-15/h5-9H,3-4,10-11H2,1-2H3/b17-8-. The molecular formula is C20H19ClN2O5S. The summed E-state index contributed by atoms with van der Waals surface area (Å²) >= 11 is 7.16. The highest BCUT2D eigenvalue weighted by Gasteiger charge is 2.36. The SMILES string of the molecule is CCN(CC)c1ccc(/C=C2\SC(=O)N(Cc3cc4c(cc3Cl)OCO4)C2=O)o1. The maximum Gasteiger partial charge on any atom is 0.293 e. The molecule has 1 aromatic carbocycles. The molecule has 0 atom stereocenters. The van der Waals surface area contributed by atoms with E-state index in [-0.39, 0.29) is 24.5 Å². The molecule has 29 heavy (non-hydrogen) atoms. The topological polar surface area (TPSA) is 72.2 Å². The molecule has 3 heterocycles. The minimum atomic E-state index is -0.380. The van der Waals surface area contributed by atoms with Gasteiger partial charge in [0.2, 0.25) is 6.79 Å². The number of hydrogen-bond donors (Lipinski definition) is 0. The van der Waals surface area contributed by atoms with Crippen LogP contribution in [-0.2, 0) is 11.3 Å². The number of rotatable bonds is 6. The van der Waals surface area contributed by atoms with E-state index in [1.54, 1.807) is 24.3 Å². The van der Waals surface area contributed by atoms with E-state index in [0.717, 1.165) is 35.6 Å². The van der Waals surface area contributed by atoms with Crippen LogP contribution in [0.5, 0.6) is 11.5 Å². The molecule has 2 amide bonds. The Kier molecular flexibility index (Phi) is 5.47. The number of anilines is 1. The zero-order valence-electron chi connectivity index (χ0n) is 15.9. The molecule has 152 valence electrons. The summed E-state index contributed by atoms with van der Waals surface area (Å²) in [4.78, 5) is 28.8. The van der Waals surface area contributed by atoms with Crippen LogP contribution < -0.4 is 14.4 Å². The van der Waals surface area contributed by atoms with E-state index in [1.165, 1.54) is 0 Å². The summed E-state index contributed by atoms with van der Waals surface area (Å²) in [5, 5.41) is 0.0534. The van der Waals surface area contributed by atoms with Gasteiger partial charge in [-0.2, -0.15) is 0 Å². The van der Waals surface area contributed by atoms with E-state index in [9.17, 15) is 9.59 Å². The molecule has 1 fully saturated rings. The first-order chi connectivity index (χ1) is 14.0. The lowest BCUT2D eigenvalue weighted by Gasteiger charge is -2.16. The molecule has 4 rings (SSSR count). The normalized spacial score (nSPS) is 16.9. The fourth-order valence-electron chi connectivity index (χ4n) is 3.14. The number of furan rings is 1. The molecule has 2 aromatic rings. The van der Waals surface area contributed by atoms with Crippen molar-refractivity contribution in [3.8, 4) is 11.5 Å². The Morgan fingerprint density at radius 2 is 1.90 bits per heavy atom. The van der Waals surface area contributed by atoms with Gasteiger partial charge in [-0.25, -0.2) is 0 Å². The molecule has 2 aliphatic rings. The highest BCUT2D eigenvalue weighted by Crippen LogP contribution is 2.39. The number of thioether (sulfide) groups is 1. The molecule has 0 unspecified atom stereocenters. The summed E-state index contributed by atoms with van der Waals surface area (Å²) in [7, 11) is 0. The fraction of sp³-hybridized carbons (Fsp3) is 0.300. The lowest BCUT2D eigenvalue weighted by Crippen LogP contribution is -2.27. The second-order valence-corrected chi connectivity index (χ2v) is 7.81. The molecule has 1 aromatic heterocycles. The molecule has 0 saturated carbocycles. The van der Waals surface area contributed by atoms with Crippen LogP contribution in [0.15, 0.2) is 33.6 Å². The van der Waals surface area contributed by atoms with E-state index in [1.807, 2.05) is 19.9 Å². The molecule has 0 N–H and O–H groups in total. The van der Waals surface area contributed by atoms with E-state index >= 15 is 0 Å². The van der Waals surface area contributed by atoms with Crippen molar-refractivity contribution >= 4 is 46.5 Å². The summed E-state index contributed by atoms with van der Waals surface area (Å²) in [5.74, 6) is 1.97. The number of carbonyl (C=O) groups excluding carboxylic acids is 2. The Morgan fingerprint density at radius 3 is 2.62 bits per heavy atom. The van der Waals surface area contributed by atoms with Crippen molar-refractivity contribution in [2.24, 2.45) is 0 Å². The van der Waals surface area contributed by atoms with Gasteiger partial charge >= 0.3 is 0 Å². The van der Waals surface area contributed by atoms with Crippen LogP contribution in [-0.4, -0.2) is 35.9 Å². The van der Waals surface area contributed by atoms with Crippen LogP contribution in [0.25, 0.3) is 6.08 Å². The van der Waals surface area contributed by atoms with Gasteiger partial charge in [-0.1, -0.05) is 11.6 Å². The van der Waals surface area contributed by atoms with Gasteiger partial charge in [0.1, 0.15) is 5.76 Å². The van der Waals surface area contributed by atoms with Crippen LogP contribution in [0.1, 0.15) is 25.2 Å². The Hall–Kier alpha value is -2.58. The Morgan fingerprint density at radius 1 is 1.17 bits per heavy atom. The quantitative estimate of drug-likeness (QED) is 0.607. The van der Waals surface area contributed by atoms with Gasteiger partial charge in [0.25, 0.3) is 11.1 Å². The van der Waals surface area contributed by atoms with Gasteiger partial charge in [0.05, 0.1) is 11.4 Å². The molecule has 0 aliphatic carbocycles. The third kappa shape index (κ3) is 3.82. The summed E-state index contributed by atoms with van der Waals surface area (Å²) in [5.41, 5.74) is 0.612. The van der Waals surface area contributed by atoms with Crippen LogP contribution in [0.3, 0.4) is 0 Å². The molecule has 9 heteroatoms. The van der Waals surface area contributed by atoms with Crippen molar-refractivity contribution in [3.05, 3.63) is 45.5 Å². The summed E-state index contributed by atoms with van der Waals surface area (Å²) in [6, 6.07) is 6.97. The van der Waals surface area contributed by atoms with Crippen molar-refractivity contribution in [3.63, 3.8) is 0 Å². The minimum Gasteiger partial charge on any atom is -0.454 e. The highest BCUT2D eigenvalue weighted by atomic mass is 35.5. The van der Waals surface area contributed by atoms with Crippen LogP contribution >= 0.6 is 23.4 Å². The van der Waals surface area contributed by atoms with Crippen LogP contribution in [0.2, 0.25) is 5.02 Å². The third-order valence-electron chi connectivity index (χ3n) is 4.70. The Labute approximate surface area is 177 Å². The number of carbonyl (C=O) groups is 2. The Bertz CT molecular complexity index is 999. The van der Waals surface area contributed by atoms with E-state index in [2.05, 4.69) is 4.90 Å². The van der Waals surface area contributed by atoms with Gasteiger partial charge in [0, 0.05) is 36.3 Å². The summed E-state index contributed by atoms with van der Waals surface area (Å²) in [6.07, 6.45) is 1.60. The first kappa shape index (κ1) is 19.7. The second-order valence-electron chi connectivity index (χ2n) is 6.41. The lowest BCUT2D eigenvalue weighted by atomic mass is 10.2. The van der Waals surface area contributed by atoms with Crippen molar-refractivity contribution in [1.82, 2.24) is 4.90 Å². The van der Waals surface area contributed by atoms with E-state index in [0.29, 0.717) is 32.8 Å². The lowest BCUT2D eigenvalue weighted by molar-refractivity contribution is -0.123. The molecule has 1 saturated heterocycles. The smallest absolute Gasteiger partial charge is 0.293 e. The van der Waals surface area contributed by atoms with Gasteiger partial charge < -0.3 is 18.8 Å². The van der Waals surface area contributed by atoms with Gasteiger partial charge in [-0.05, 0) is 43.3 Å². The highest BCUT2D eigenvalue weighted by molar-refractivity contribution is 8.18. The Balaban J connectivity index is 1.53. The number of hydrogen-bond acceptors (Lipinski definition) is 7. The molecule has 7 nitrogen and oxygen atoms in total. The predicted octanol–water partition coefficient (Wildman–Crippen LogP) is 4.74. The van der Waals surface area contributed by atoms with Gasteiger partial charge in [-0.3, -0.25) is 14.5 Å². The average molecular weight is 435 g/mol. The number of amides is 2. The average Bonchev–Trinajstić information content (AvgIpc) is 3.40. The van der Waals surface area contributed by atoms with E-state index < -0.39 is 0 Å². The van der Waals surface area contributed by atoms with Crippen LogP contribution in [0.4, 0.5) is 10.7 Å². The van der Waals surface area contributed by atoms with Gasteiger partial charge in [-0.15, -0.1) is 0 Å². The number of halogens is 1. The molecule has 0 bridgehead atoms. The van der Waals surface area contributed by atoms with Crippen molar-refractivity contribution in [2.75, 3.05) is 24.8 Å². The van der Waals surface area contributed by atoms with Crippen molar-refractivity contribution in [2.45, 2.75) is 20.4 Å². The summed E-state index contributed by atoms with van der Waals surface area (Å²) in [6.45, 7) is 5.89. The van der Waals surface area contributed by atoms with Crippen LogP contribution in [0, 0.1) is 0 Å². The first-order valence-corrected chi connectivity index (χ1v) is 10.4. The number of benzene rings is 1. The largest absolute Gasteiger partial charge is 0.454 e. The van der Waals surface area contributed by atoms with E-state index in [4.69, 9.17) is 25.5 Å². The van der Waals surface area contributed by atoms with Crippen molar-refractivity contribution in [1.29, 1.82) is 0 Å². The fourth-order valence-corrected chi connectivity index (χ4v) is 4.17. The number of fused-ring (bicyclic) bond motifs is 1. The number of nitrogens with zero attached hydrogens (tertiary/aromatic N) is 2. The molecule has 0 spiro atoms. The predicted molar refractivity (Wildman–Crippen MR) is 111 cm³/mol. The minimum absolute atomic E-state index is 0.0559. The maximum atomic E-state index is 12.8. The zero-order valence-corrected chi connectivity index (χ0v) is 17.5. The first-order valence-electron chi connectivity index (χ1n) is 9.18. The molecule has 2 aliphatic heterocycles. The third-order valence-corrected chi connectivity index (χ3v) is 5.96. The molecular weight excluding hydrogens is 416 g/mol. The molecule has 0 radical (unpaired) electrons. The second kappa shape index (κ2) is 8.04. The zero-order chi connectivity index (χ0) is 20.5. The number of imide groups is 1. The maximum absolute atomic E-state index is 12.8. The number of ether oxygens (including phenoxy) is 2.